The molecular weight excluding hydrogens is 250 g/mol. The molecular formula is C13H23NOS2. The highest BCUT2D eigenvalue weighted by Crippen LogP contribution is 2.25. The van der Waals surface area contributed by atoms with Crippen molar-refractivity contribution in [1.29, 1.82) is 0 Å². The molecule has 0 aromatic carbocycles. The van der Waals surface area contributed by atoms with Crippen molar-refractivity contribution < 1.29 is 4.79 Å². The van der Waals surface area contributed by atoms with Gasteiger partial charge in [0.2, 0.25) is 0 Å². The molecule has 98 valence electrons. The second-order valence-electron chi connectivity index (χ2n) is 4.76. The highest BCUT2D eigenvalue weighted by Gasteiger charge is 2.22. The van der Waals surface area contributed by atoms with Crippen molar-refractivity contribution in [1.82, 2.24) is 4.90 Å². The summed E-state index contributed by atoms with van der Waals surface area (Å²) < 4.78 is 0.942. The lowest BCUT2D eigenvalue weighted by Crippen LogP contribution is -2.26. The van der Waals surface area contributed by atoms with Crippen LogP contribution in [0.2, 0.25) is 0 Å². The molecule has 1 saturated carbocycles. The fraction of sp³-hybridized carbons (Fsp3) is 0.846. The molecule has 4 heteroatoms. The van der Waals surface area contributed by atoms with Gasteiger partial charge in [0.05, 0.1) is 0 Å². The minimum absolute atomic E-state index is 0.256. The molecule has 1 aliphatic rings. The van der Waals surface area contributed by atoms with Crippen LogP contribution in [-0.2, 0) is 4.79 Å². The first-order valence-corrected chi connectivity index (χ1v) is 7.95. The molecule has 0 aliphatic heterocycles. The number of hydrogen-bond donors (Lipinski definition) is 0. The second-order valence-corrected chi connectivity index (χ2v) is 6.41. The van der Waals surface area contributed by atoms with Crippen molar-refractivity contribution in [2.45, 2.75) is 45.4 Å². The van der Waals surface area contributed by atoms with Gasteiger partial charge in [-0.25, -0.2) is 0 Å². The third-order valence-corrected chi connectivity index (χ3v) is 5.04. The third kappa shape index (κ3) is 5.38. The molecule has 1 unspecified atom stereocenters. The van der Waals surface area contributed by atoms with Gasteiger partial charge in [-0.3, -0.25) is 4.79 Å². The van der Waals surface area contributed by atoms with Crippen LogP contribution in [0.3, 0.4) is 0 Å². The number of carbonyl (C=O) groups is 1. The Hall–Kier alpha value is -0.0900. The molecule has 0 saturated heterocycles. The molecule has 0 spiro atoms. The van der Waals surface area contributed by atoms with Crippen molar-refractivity contribution in [2.24, 2.45) is 5.92 Å². The van der Waals surface area contributed by atoms with Crippen LogP contribution < -0.4 is 0 Å². The van der Waals surface area contributed by atoms with E-state index >= 15 is 0 Å². The van der Waals surface area contributed by atoms with E-state index in [1.54, 1.807) is 11.8 Å². The Morgan fingerprint density at radius 3 is 2.94 bits per heavy atom. The summed E-state index contributed by atoms with van der Waals surface area (Å²) in [5, 5.41) is 0. The van der Waals surface area contributed by atoms with Crippen LogP contribution in [0.15, 0.2) is 0 Å². The van der Waals surface area contributed by atoms with Crippen LogP contribution in [0.25, 0.3) is 0 Å². The van der Waals surface area contributed by atoms with E-state index in [1.165, 1.54) is 19.3 Å². The van der Waals surface area contributed by atoms with Crippen LogP contribution >= 0.6 is 24.0 Å². The number of carbonyl (C=O) groups excluding carboxylic acids is 1. The zero-order valence-corrected chi connectivity index (χ0v) is 12.5. The van der Waals surface area contributed by atoms with E-state index in [0.29, 0.717) is 5.78 Å². The quantitative estimate of drug-likeness (QED) is 0.714. The van der Waals surface area contributed by atoms with Gasteiger partial charge >= 0.3 is 0 Å². The van der Waals surface area contributed by atoms with E-state index in [2.05, 4.69) is 11.8 Å². The summed E-state index contributed by atoms with van der Waals surface area (Å²) >= 11 is 7.06. The van der Waals surface area contributed by atoms with Crippen molar-refractivity contribution >= 4 is 34.1 Å². The van der Waals surface area contributed by atoms with Crippen LogP contribution in [0.1, 0.15) is 45.4 Å². The van der Waals surface area contributed by atoms with E-state index in [1.807, 2.05) is 7.05 Å². The SMILES string of the molecule is CCCCN(C)C(=S)SCC1CCCCC1=O. The minimum atomic E-state index is 0.256. The maximum Gasteiger partial charge on any atom is 0.136 e. The fourth-order valence-corrected chi connectivity index (χ4v) is 3.30. The summed E-state index contributed by atoms with van der Waals surface area (Å²) in [6.07, 6.45) is 6.51. The Labute approximate surface area is 115 Å². The summed E-state index contributed by atoms with van der Waals surface area (Å²) in [5.41, 5.74) is 0. The van der Waals surface area contributed by atoms with E-state index < -0.39 is 0 Å². The van der Waals surface area contributed by atoms with E-state index in [4.69, 9.17) is 12.2 Å². The Morgan fingerprint density at radius 1 is 1.53 bits per heavy atom. The average molecular weight is 273 g/mol. The first-order valence-electron chi connectivity index (χ1n) is 6.55. The number of Topliss-reactive ketones (excluding diaryl/α,β-unsaturated/α-hetero) is 1. The number of thioether (sulfide) groups is 1. The van der Waals surface area contributed by atoms with Gasteiger partial charge in [-0.2, -0.15) is 0 Å². The summed E-state index contributed by atoms with van der Waals surface area (Å²) in [5.74, 6) is 1.59. The maximum atomic E-state index is 11.7. The molecule has 0 amide bonds. The van der Waals surface area contributed by atoms with Gasteiger partial charge in [0.25, 0.3) is 0 Å². The molecule has 0 heterocycles. The van der Waals surface area contributed by atoms with Crippen LogP contribution in [-0.4, -0.2) is 34.3 Å². The third-order valence-electron chi connectivity index (χ3n) is 3.25. The maximum absolute atomic E-state index is 11.7. The van der Waals surface area contributed by atoms with Crippen LogP contribution in [0, 0.1) is 5.92 Å². The van der Waals surface area contributed by atoms with Crippen molar-refractivity contribution in [3.8, 4) is 0 Å². The number of nitrogens with zero attached hydrogens (tertiary/aromatic N) is 1. The van der Waals surface area contributed by atoms with E-state index in [-0.39, 0.29) is 5.92 Å². The monoisotopic (exact) mass is 273 g/mol. The highest BCUT2D eigenvalue weighted by molar-refractivity contribution is 8.22. The molecule has 1 fully saturated rings. The number of unbranched alkanes of at least 4 members (excludes halogenated alkanes) is 1. The normalized spacial score (nSPS) is 20.4. The molecule has 2 nitrogen and oxygen atoms in total. The molecule has 0 bridgehead atoms. The second kappa shape index (κ2) is 8.09. The molecule has 1 atom stereocenters. The fourth-order valence-electron chi connectivity index (χ4n) is 2.00. The smallest absolute Gasteiger partial charge is 0.136 e. The number of ketones is 1. The molecule has 0 aromatic rings. The molecule has 0 N–H and O–H groups in total. The van der Waals surface area contributed by atoms with Crippen LogP contribution in [0.5, 0.6) is 0 Å². The molecule has 1 aliphatic carbocycles. The topological polar surface area (TPSA) is 20.3 Å². The summed E-state index contributed by atoms with van der Waals surface area (Å²) in [6, 6.07) is 0. The first kappa shape index (κ1) is 15.0. The lowest BCUT2D eigenvalue weighted by atomic mass is 9.89. The largest absolute Gasteiger partial charge is 0.361 e. The van der Waals surface area contributed by atoms with Gasteiger partial charge in [-0.05, 0) is 19.3 Å². The Bertz CT molecular complexity index is 268. The average Bonchev–Trinajstić information content (AvgIpc) is 2.34. The number of thiocarbonyl (C=S) groups is 1. The van der Waals surface area contributed by atoms with Gasteiger partial charge < -0.3 is 4.90 Å². The van der Waals surface area contributed by atoms with Crippen molar-refractivity contribution in [3.63, 3.8) is 0 Å². The van der Waals surface area contributed by atoms with Gasteiger partial charge in [0, 0.05) is 31.7 Å². The predicted molar refractivity (Wildman–Crippen MR) is 79.6 cm³/mol. The standard InChI is InChI=1S/C13H23NOS2/c1-3-4-9-14(2)13(16)17-10-11-7-5-6-8-12(11)15/h11H,3-10H2,1-2H3. The Morgan fingerprint density at radius 2 is 2.29 bits per heavy atom. The molecule has 1 rings (SSSR count). The Kier molecular flexibility index (Phi) is 7.12. The number of rotatable bonds is 5. The minimum Gasteiger partial charge on any atom is -0.361 e. The molecule has 0 radical (unpaired) electrons. The van der Waals surface area contributed by atoms with E-state index in [0.717, 1.165) is 35.9 Å². The predicted octanol–water partition coefficient (Wildman–Crippen LogP) is 3.50. The lowest BCUT2D eigenvalue weighted by molar-refractivity contribution is -0.123. The summed E-state index contributed by atoms with van der Waals surface area (Å²) in [4.78, 5) is 13.8. The van der Waals surface area contributed by atoms with Crippen molar-refractivity contribution in [3.05, 3.63) is 0 Å². The Balaban J connectivity index is 2.24. The van der Waals surface area contributed by atoms with Crippen LogP contribution in [0.4, 0.5) is 0 Å². The van der Waals surface area contributed by atoms with E-state index in [9.17, 15) is 4.79 Å². The molecule has 17 heavy (non-hydrogen) atoms. The zero-order chi connectivity index (χ0) is 12.7. The summed E-state index contributed by atoms with van der Waals surface area (Å²) in [6.45, 7) is 3.21. The summed E-state index contributed by atoms with van der Waals surface area (Å²) in [7, 11) is 2.05. The lowest BCUT2D eigenvalue weighted by Gasteiger charge is -2.23. The van der Waals surface area contributed by atoms with Gasteiger partial charge in [0.1, 0.15) is 10.1 Å². The van der Waals surface area contributed by atoms with Crippen molar-refractivity contribution in [2.75, 3.05) is 19.3 Å². The highest BCUT2D eigenvalue weighted by atomic mass is 32.2. The first-order chi connectivity index (χ1) is 8.15. The van der Waals surface area contributed by atoms with Gasteiger partial charge in [-0.15, -0.1) is 0 Å². The van der Waals surface area contributed by atoms with Gasteiger partial charge in [0.15, 0.2) is 0 Å². The molecule has 0 aromatic heterocycles. The zero-order valence-electron chi connectivity index (χ0n) is 10.9. The van der Waals surface area contributed by atoms with Gasteiger partial charge in [-0.1, -0.05) is 43.7 Å². The number of hydrogen-bond acceptors (Lipinski definition) is 3.